The minimum Gasteiger partial charge on any atom is -0.303 e. The van der Waals surface area contributed by atoms with Crippen molar-refractivity contribution in [2.45, 2.75) is 38.0 Å². The third-order valence-corrected chi connectivity index (χ3v) is 4.74. The van der Waals surface area contributed by atoms with Crippen LogP contribution in [0.4, 0.5) is 0 Å². The van der Waals surface area contributed by atoms with Gasteiger partial charge in [-0.05, 0) is 62.4 Å². The van der Waals surface area contributed by atoms with Gasteiger partial charge in [-0.15, -0.1) is 0 Å². The highest BCUT2D eigenvalue weighted by Gasteiger charge is 2.40. The molecule has 0 N–H and O–H groups in total. The molecule has 3 heterocycles. The summed E-state index contributed by atoms with van der Waals surface area (Å²) < 4.78 is 0. The normalized spacial score (nSPS) is 30.4. The first-order valence-corrected chi connectivity index (χ1v) is 6.99. The van der Waals surface area contributed by atoms with Crippen LogP contribution in [0.5, 0.6) is 0 Å². The summed E-state index contributed by atoms with van der Waals surface area (Å²) in [5.41, 5.74) is 3.08. The molecule has 2 heteroatoms. The number of Topliss-reactive ketones (excluding diaryl/α,β-unsaturated/α-hetero) is 1. The Balaban J connectivity index is 1.81. The summed E-state index contributed by atoms with van der Waals surface area (Å²) in [4.78, 5) is 13.7. The quantitative estimate of drug-likeness (QED) is 0.813. The third-order valence-electron chi connectivity index (χ3n) is 4.74. The maximum Gasteiger partial charge on any atom is 0.134 e. The Kier molecular flexibility index (Phi) is 2.98. The van der Waals surface area contributed by atoms with Gasteiger partial charge in [0, 0.05) is 6.42 Å². The topological polar surface area (TPSA) is 20.3 Å². The minimum atomic E-state index is 0.242. The number of carbonyl (C=O) groups is 1. The van der Waals surface area contributed by atoms with Crippen LogP contribution >= 0.6 is 0 Å². The zero-order chi connectivity index (χ0) is 12.6. The molecule has 96 valence electrons. The molecule has 2 bridgehead atoms. The Bertz CT molecular complexity index is 427. The standard InChI is InChI=1S/C16H21NO/c1-13(18)12-14-2-4-15(5-3-14)16-6-9-17(10-7-16)11-8-16/h2-5H,6-12H2,1H3. The van der Waals surface area contributed by atoms with Gasteiger partial charge in [0.1, 0.15) is 5.78 Å². The summed E-state index contributed by atoms with van der Waals surface area (Å²) in [5.74, 6) is 0.242. The lowest BCUT2D eigenvalue weighted by molar-refractivity contribution is -0.116. The van der Waals surface area contributed by atoms with Crippen LogP contribution in [-0.2, 0) is 16.6 Å². The lowest BCUT2D eigenvalue weighted by Crippen LogP contribution is -2.50. The molecule has 3 fully saturated rings. The fraction of sp³-hybridized carbons (Fsp3) is 0.562. The van der Waals surface area contributed by atoms with E-state index in [9.17, 15) is 4.79 Å². The van der Waals surface area contributed by atoms with Gasteiger partial charge in [-0.1, -0.05) is 24.3 Å². The second-order valence-corrected chi connectivity index (χ2v) is 5.95. The lowest BCUT2D eigenvalue weighted by Gasteiger charge is -2.49. The zero-order valence-electron chi connectivity index (χ0n) is 11.1. The summed E-state index contributed by atoms with van der Waals surface area (Å²) >= 11 is 0. The van der Waals surface area contributed by atoms with Gasteiger partial charge in [0.05, 0.1) is 0 Å². The average molecular weight is 243 g/mol. The van der Waals surface area contributed by atoms with Crippen molar-refractivity contribution in [1.29, 1.82) is 0 Å². The Morgan fingerprint density at radius 1 is 1.11 bits per heavy atom. The van der Waals surface area contributed by atoms with Crippen LogP contribution in [-0.4, -0.2) is 30.3 Å². The summed E-state index contributed by atoms with van der Waals surface area (Å²) in [6.45, 7) is 5.43. The van der Waals surface area contributed by atoms with Crippen LogP contribution < -0.4 is 0 Å². The van der Waals surface area contributed by atoms with Crippen molar-refractivity contribution in [2.24, 2.45) is 0 Å². The number of ketones is 1. The predicted molar refractivity (Wildman–Crippen MR) is 72.8 cm³/mol. The number of hydrogen-bond donors (Lipinski definition) is 0. The number of piperidine rings is 3. The molecule has 0 unspecified atom stereocenters. The van der Waals surface area contributed by atoms with Gasteiger partial charge in [-0.25, -0.2) is 0 Å². The number of rotatable bonds is 3. The molecule has 18 heavy (non-hydrogen) atoms. The van der Waals surface area contributed by atoms with Gasteiger partial charge in [-0.2, -0.15) is 0 Å². The van der Waals surface area contributed by atoms with E-state index in [0.29, 0.717) is 11.8 Å². The van der Waals surface area contributed by atoms with E-state index < -0.39 is 0 Å². The second-order valence-electron chi connectivity index (χ2n) is 5.95. The first kappa shape index (κ1) is 11.9. The molecule has 0 aromatic heterocycles. The smallest absolute Gasteiger partial charge is 0.134 e. The van der Waals surface area contributed by atoms with Crippen molar-refractivity contribution in [2.75, 3.05) is 19.6 Å². The number of nitrogens with zero attached hydrogens (tertiary/aromatic N) is 1. The van der Waals surface area contributed by atoms with Crippen LogP contribution in [0.2, 0.25) is 0 Å². The summed E-state index contributed by atoms with van der Waals surface area (Å²) in [7, 11) is 0. The van der Waals surface area contributed by atoms with E-state index in [4.69, 9.17) is 0 Å². The predicted octanol–water partition coefficient (Wildman–Crippen LogP) is 2.56. The molecule has 0 aliphatic carbocycles. The first-order chi connectivity index (χ1) is 8.68. The number of carbonyl (C=O) groups excluding carboxylic acids is 1. The van der Waals surface area contributed by atoms with E-state index in [0.717, 1.165) is 5.56 Å². The van der Waals surface area contributed by atoms with E-state index in [1.165, 1.54) is 44.5 Å². The fourth-order valence-corrected chi connectivity index (χ4v) is 3.52. The zero-order valence-corrected chi connectivity index (χ0v) is 11.1. The highest BCUT2D eigenvalue weighted by atomic mass is 16.1. The Labute approximate surface area is 109 Å². The first-order valence-electron chi connectivity index (χ1n) is 6.99. The van der Waals surface area contributed by atoms with E-state index in [1.54, 1.807) is 6.92 Å². The molecule has 2 nitrogen and oxygen atoms in total. The van der Waals surface area contributed by atoms with Crippen molar-refractivity contribution in [3.05, 3.63) is 35.4 Å². The van der Waals surface area contributed by atoms with Crippen LogP contribution in [0.3, 0.4) is 0 Å². The van der Waals surface area contributed by atoms with Gasteiger partial charge < -0.3 is 4.90 Å². The van der Waals surface area contributed by atoms with Crippen molar-refractivity contribution >= 4 is 5.78 Å². The van der Waals surface area contributed by atoms with E-state index in [2.05, 4.69) is 29.2 Å². The fourth-order valence-electron chi connectivity index (χ4n) is 3.52. The lowest BCUT2D eigenvalue weighted by atomic mass is 9.67. The van der Waals surface area contributed by atoms with Crippen LogP contribution in [0.1, 0.15) is 37.3 Å². The van der Waals surface area contributed by atoms with Gasteiger partial charge in [-0.3, -0.25) is 4.79 Å². The van der Waals surface area contributed by atoms with Crippen LogP contribution in [0, 0.1) is 0 Å². The number of fused-ring (bicyclic) bond motifs is 3. The molecule has 1 aromatic rings. The maximum atomic E-state index is 11.1. The highest BCUT2D eigenvalue weighted by Crippen LogP contribution is 2.42. The average Bonchev–Trinajstić information content (AvgIpc) is 2.41. The van der Waals surface area contributed by atoms with Crippen molar-refractivity contribution < 1.29 is 4.79 Å². The second kappa shape index (κ2) is 4.51. The van der Waals surface area contributed by atoms with Crippen molar-refractivity contribution in [1.82, 2.24) is 4.90 Å². The summed E-state index contributed by atoms with van der Waals surface area (Å²) in [5, 5.41) is 0. The molecule has 0 spiro atoms. The monoisotopic (exact) mass is 243 g/mol. The molecule has 0 radical (unpaired) electrons. The van der Waals surface area contributed by atoms with Gasteiger partial charge in [0.25, 0.3) is 0 Å². The van der Waals surface area contributed by atoms with E-state index in [-0.39, 0.29) is 5.78 Å². The molecule has 3 aliphatic heterocycles. The van der Waals surface area contributed by atoms with Gasteiger partial charge in [0.15, 0.2) is 0 Å². The molecule has 3 saturated heterocycles. The summed E-state index contributed by atoms with van der Waals surface area (Å²) in [6, 6.07) is 8.82. The number of benzene rings is 1. The SMILES string of the molecule is CC(=O)Cc1ccc(C23CCN(CC2)CC3)cc1. The molecule has 1 aromatic carbocycles. The highest BCUT2D eigenvalue weighted by molar-refractivity contribution is 5.78. The van der Waals surface area contributed by atoms with Crippen molar-refractivity contribution in [3.8, 4) is 0 Å². The van der Waals surface area contributed by atoms with Gasteiger partial charge in [0.2, 0.25) is 0 Å². The molecule has 0 atom stereocenters. The van der Waals surface area contributed by atoms with Crippen molar-refractivity contribution in [3.63, 3.8) is 0 Å². The molecule has 4 rings (SSSR count). The number of hydrogen-bond acceptors (Lipinski definition) is 2. The van der Waals surface area contributed by atoms with E-state index >= 15 is 0 Å². The van der Waals surface area contributed by atoms with E-state index in [1.807, 2.05) is 0 Å². The molecule has 3 aliphatic rings. The Hall–Kier alpha value is -1.15. The molecular weight excluding hydrogens is 222 g/mol. The van der Waals surface area contributed by atoms with Crippen LogP contribution in [0.25, 0.3) is 0 Å². The molecular formula is C16H21NO. The molecule has 0 amide bonds. The Morgan fingerprint density at radius 3 is 2.17 bits per heavy atom. The molecule has 0 saturated carbocycles. The van der Waals surface area contributed by atoms with Gasteiger partial charge >= 0.3 is 0 Å². The third kappa shape index (κ3) is 2.10. The Morgan fingerprint density at radius 2 is 1.67 bits per heavy atom. The minimum absolute atomic E-state index is 0.242. The maximum absolute atomic E-state index is 11.1. The largest absolute Gasteiger partial charge is 0.303 e. The van der Waals surface area contributed by atoms with Crippen LogP contribution in [0.15, 0.2) is 24.3 Å². The summed E-state index contributed by atoms with van der Waals surface area (Å²) in [6.07, 6.45) is 4.48.